The maximum atomic E-state index is 13.7. The van der Waals surface area contributed by atoms with Gasteiger partial charge in [0, 0.05) is 26.2 Å². The first-order chi connectivity index (χ1) is 8.72. The SMILES string of the molecule is CCN(CC)c1cc(CNCCCO)ccc1F. The fourth-order valence-corrected chi connectivity index (χ4v) is 1.91. The van der Waals surface area contributed by atoms with E-state index in [0.29, 0.717) is 12.2 Å². The zero-order chi connectivity index (χ0) is 13.4. The minimum absolute atomic E-state index is 0.169. The van der Waals surface area contributed by atoms with Crippen LogP contribution in [-0.4, -0.2) is 31.3 Å². The standard InChI is InChI=1S/C14H23FN2O/c1-3-17(4-2)14-10-12(6-7-13(14)15)11-16-8-5-9-18/h6-7,10,16,18H,3-5,8-9,11H2,1-2H3. The molecule has 0 spiro atoms. The zero-order valence-corrected chi connectivity index (χ0v) is 11.2. The average Bonchev–Trinajstić information content (AvgIpc) is 2.39. The summed E-state index contributed by atoms with van der Waals surface area (Å²) in [5, 5.41) is 11.9. The third kappa shape index (κ3) is 4.27. The van der Waals surface area contributed by atoms with Gasteiger partial charge >= 0.3 is 0 Å². The van der Waals surface area contributed by atoms with Crippen LogP contribution in [0.4, 0.5) is 10.1 Å². The van der Waals surface area contributed by atoms with Gasteiger partial charge in [0.25, 0.3) is 0 Å². The lowest BCUT2D eigenvalue weighted by molar-refractivity contribution is 0.286. The quantitative estimate of drug-likeness (QED) is 0.698. The number of benzene rings is 1. The van der Waals surface area contributed by atoms with Gasteiger partial charge in [-0.1, -0.05) is 6.07 Å². The first-order valence-electron chi connectivity index (χ1n) is 6.57. The van der Waals surface area contributed by atoms with E-state index in [0.717, 1.165) is 31.6 Å². The Morgan fingerprint density at radius 2 is 2.00 bits per heavy atom. The number of hydrogen-bond acceptors (Lipinski definition) is 3. The fourth-order valence-electron chi connectivity index (χ4n) is 1.91. The number of nitrogens with zero attached hydrogens (tertiary/aromatic N) is 1. The van der Waals surface area contributed by atoms with Crippen molar-refractivity contribution in [1.82, 2.24) is 5.32 Å². The smallest absolute Gasteiger partial charge is 0.146 e. The Labute approximate surface area is 109 Å². The molecule has 4 heteroatoms. The van der Waals surface area contributed by atoms with Crippen molar-refractivity contribution in [3.05, 3.63) is 29.6 Å². The van der Waals surface area contributed by atoms with Gasteiger partial charge in [-0.2, -0.15) is 0 Å². The highest BCUT2D eigenvalue weighted by Crippen LogP contribution is 2.20. The lowest BCUT2D eigenvalue weighted by atomic mass is 10.1. The molecule has 0 bridgehead atoms. The van der Waals surface area contributed by atoms with Crippen molar-refractivity contribution in [2.75, 3.05) is 31.1 Å². The van der Waals surface area contributed by atoms with Gasteiger partial charge < -0.3 is 15.3 Å². The number of hydrogen-bond donors (Lipinski definition) is 2. The Kier molecular flexibility index (Phi) is 6.68. The highest BCUT2D eigenvalue weighted by molar-refractivity contribution is 5.49. The van der Waals surface area contributed by atoms with Crippen molar-refractivity contribution >= 4 is 5.69 Å². The molecule has 0 radical (unpaired) electrons. The molecule has 0 fully saturated rings. The Balaban J connectivity index is 2.68. The molecule has 0 saturated carbocycles. The number of aliphatic hydroxyl groups is 1. The van der Waals surface area contributed by atoms with E-state index in [1.54, 1.807) is 6.07 Å². The van der Waals surface area contributed by atoms with Gasteiger partial charge in [0.1, 0.15) is 5.82 Å². The third-order valence-electron chi connectivity index (χ3n) is 2.96. The molecule has 0 aliphatic heterocycles. The summed E-state index contributed by atoms with van der Waals surface area (Å²) in [6.45, 7) is 7.32. The van der Waals surface area contributed by atoms with E-state index in [-0.39, 0.29) is 12.4 Å². The molecule has 0 heterocycles. The molecule has 1 aromatic rings. The normalized spacial score (nSPS) is 10.7. The van der Waals surface area contributed by atoms with Crippen molar-refractivity contribution in [3.8, 4) is 0 Å². The van der Waals surface area contributed by atoms with Crippen LogP contribution < -0.4 is 10.2 Å². The Bertz CT molecular complexity index is 354. The molecular formula is C14H23FN2O. The van der Waals surface area contributed by atoms with Crippen molar-refractivity contribution in [2.45, 2.75) is 26.8 Å². The molecule has 1 rings (SSSR count). The summed E-state index contributed by atoms with van der Waals surface area (Å²) in [5.41, 5.74) is 1.73. The first-order valence-corrected chi connectivity index (χ1v) is 6.57. The maximum absolute atomic E-state index is 13.7. The molecule has 0 aliphatic carbocycles. The molecule has 0 atom stereocenters. The van der Waals surface area contributed by atoms with E-state index >= 15 is 0 Å². The summed E-state index contributed by atoms with van der Waals surface area (Å²) < 4.78 is 13.7. The van der Waals surface area contributed by atoms with Crippen LogP contribution in [0.2, 0.25) is 0 Å². The molecule has 3 nitrogen and oxygen atoms in total. The molecule has 0 aliphatic rings. The van der Waals surface area contributed by atoms with E-state index in [1.165, 1.54) is 6.07 Å². The number of nitrogens with one attached hydrogen (secondary N) is 1. The Morgan fingerprint density at radius 1 is 1.28 bits per heavy atom. The predicted molar refractivity (Wildman–Crippen MR) is 73.4 cm³/mol. The van der Waals surface area contributed by atoms with E-state index in [2.05, 4.69) is 5.32 Å². The van der Waals surface area contributed by atoms with Crippen LogP contribution in [-0.2, 0) is 6.54 Å². The lowest BCUT2D eigenvalue weighted by Crippen LogP contribution is -2.23. The van der Waals surface area contributed by atoms with Gasteiger partial charge in [-0.05, 0) is 44.5 Å². The Morgan fingerprint density at radius 3 is 2.61 bits per heavy atom. The second-order valence-corrected chi connectivity index (χ2v) is 4.21. The second kappa shape index (κ2) is 8.06. The van der Waals surface area contributed by atoms with Gasteiger partial charge in [0.2, 0.25) is 0 Å². The molecule has 2 N–H and O–H groups in total. The van der Waals surface area contributed by atoms with Gasteiger partial charge in [-0.25, -0.2) is 4.39 Å². The van der Waals surface area contributed by atoms with Crippen LogP contribution >= 0.6 is 0 Å². The van der Waals surface area contributed by atoms with Crippen molar-refractivity contribution in [1.29, 1.82) is 0 Å². The monoisotopic (exact) mass is 254 g/mol. The third-order valence-corrected chi connectivity index (χ3v) is 2.96. The summed E-state index contributed by atoms with van der Waals surface area (Å²) in [6.07, 6.45) is 0.740. The summed E-state index contributed by atoms with van der Waals surface area (Å²) in [6, 6.07) is 5.22. The van der Waals surface area contributed by atoms with Gasteiger partial charge in [-0.15, -0.1) is 0 Å². The van der Waals surface area contributed by atoms with E-state index in [1.807, 2.05) is 24.8 Å². The minimum atomic E-state index is -0.169. The minimum Gasteiger partial charge on any atom is -0.396 e. The van der Waals surface area contributed by atoms with Crippen molar-refractivity contribution < 1.29 is 9.50 Å². The highest BCUT2D eigenvalue weighted by Gasteiger charge is 2.09. The summed E-state index contributed by atoms with van der Waals surface area (Å²) >= 11 is 0. The van der Waals surface area contributed by atoms with Gasteiger partial charge in [0.05, 0.1) is 5.69 Å². The van der Waals surface area contributed by atoms with Gasteiger partial charge in [-0.3, -0.25) is 0 Å². The molecular weight excluding hydrogens is 231 g/mol. The number of anilines is 1. The molecule has 0 amide bonds. The molecule has 0 saturated heterocycles. The topological polar surface area (TPSA) is 35.5 Å². The zero-order valence-electron chi connectivity index (χ0n) is 11.2. The van der Waals surface area contributed by atoms with E-state index in [4.69, 9.17) is 5.11 Å². The molecule has 0 unspecified atom stereocenters. The predicted octanol–water partition coefficient (Wildman–Crippen LogP) is 2.14. The summed E-state index contributed by atoms with van der Waals surface area (Å²) in [4.78, 5) is 2.01. The van der Waals surface area contributed by atoms with Crippen LogP contribution in [0.3, 0.4) is 0 Å². The number of rotatable bonds is 8. The second-order valence-electron chi connectivity index (χ2n) is 4.21. The Hall–Kier alpha value is -1.13. The van der Waals surface area contributed by atoms with Crippen molar-refractivity contribution in [2.24, 2.45) is 0 Å². The number of aliphatic hydroxyl groups excluding tert-OH is 1. The van der Waals surface area contributed by atoms with Crippen LogP contribution in [0.25, 0.3) is 0 Å². The van der Waals surface area contributed by atoms with E-state index in [9.17, 15) is 4.39 Å². The van der Waals surface area contributed by atoms with Crippen LogP contribution in [0, 0.1) is 5.82 Å². The fraction of sp³-hybridized carbons (Fsp3) is 0.571. The maximum Gasteiger partial charge on any atom is 0.146 e. The summed E-state index contributed by atoms with van der Waals surface area (Å²) in [5.74, 6) is -0.169. The lowest BCUT2D eigenvalue weighted by Gasteiger charge is -2.22. The van der Waals surface area contributed by atoms with Crippen molar-refractivity contribution in [3.63, 3.8) is 0 Å². The summed E-state index contributed by atoms with van der Waals surface area (Å²) in [7, 11) is 0. The molecule has 1 aromatic carbocycles. The molecule has 18 heavy (non-hydrogen) atoms. The molecule has 102 valence electrons. The largest absolute Gasteiger partial charge is 0.396 e. The highest BCUT2D eigenvalue weighted by atomic mass is 19.1. The van der Waals surface area contributed by atoms with Crippen LogP contribution in [0.15, 0.2) is 18.2 Å². The first kappa shape index (κ1) is 14.9. The average molecular weight is 254 g/mol. The number of halogens is 1. The van der Waals surface area contributed by atoms with Gasteiger partial charge in [0.15, 0.2) is 0 Å². The van der Waals surface area contributed by atoms with E-state index < -0.39 is 0 Å². The van der Waals surface area contributed by atoms with Crippen LogP contribution in [0.1, 0.15) is 25.8 Å². The van der Waals surface area contributed by atoms with Crippen LogP contribution in [0.5, 0.6) is 0 Å². The molecule has 0 aromatic heterocycles.